The van der Waals surface area contributed by atoms with Crippen molar-refractivity contribution in [2.24, 2.45) is 0 Å². The summed E-state index contributed by atoms with van der Waals surface area (Å²) < 4.78 is 24.3. The van der Waals surface area contributed by atoms with Gasteiger partial charge in [0.05, 0.1) is 35.5 Å². The number of hydrogen-bond acceptors (Lipinski definition) is 6. The van der Waals surface area contributed by atoms with E-state index in [9.17, 15) is 13.5 Å². The highest BCUT2D eigenvalue weighted by Gasteiger charge is 2.38. The highest BCUT2D eigenvalue weighted by Crippen LogP contribution is 2.23. The minimum atomic E-state index is -3.15. The molecule has 1 aromatic rings. The van der Waals surface area contributed by atoms with Crippen LogP contribution in [-0.2, 0) is 16.4 Å². The first-order valence-electron chi connectivity index (χ1n) is 6.06. The Kier molecular flexibility index (Phi) is 2.87. The van der Waals surface area contributed by atoms with E-state index in [2.05, 4.69) is 15.6 Å². The van der Waals surface area contributed by atoms with E-state index < -0.39 is 22.0 Å². The third-order valence-corrected chi connectivity index (χ3v) is 5.04. The summed E-state index contributed by atoms with van der Waals surface area (Å²) in [6, 6.07) is 0.0878. The van der Waals surface area contributed by atoms with Crippen molar-refractivity contribution in [3.63, 3.8) is 0 Å². The Morgan fingerprint density at radius 1 is 1.44 bits per heavy atom. The van der Waals surface area contributed by atoms with E-state index in [1.807, 2.05) is 0 Å². The van der Waals surface area contributed by atoms with Crippen molar-refractivity contribution in [1.29, 1.82) is 0 Å². The van der Waals surface area contributed by atoms with Crippen LogP contribution >= 0.6 is 0 Å². The molecule has 8 heteroatoms. The monoisotopic (exact) mass is 272 g/mol. The maximum absolute atomic E-state index is 11.4. The van der Waals surface area contributed by atoms with Crippen LogP contribution < -0.4 is 5.32 Å². The van der Waals surface area contributed by atoms with E-state index in [-0.39, 0.29) is 11.5 Å². The largest absolute Gasteiger partial charge is 0.390 e. The summed E-state index contributed by atoms with van der Waals surface area (Å²) in [6.07, 6.45) is 3.23. The lowest BCUT2D eigenvalue weighted by Gasteiger charge is -2.11. The molecule has 2 atom stereocenters. The Morgan fingerprint density at radius 3 is 2.83 bits per heavy atom. The van der Waals surface area contributed by atoms with Gasteiger partial charge in [-0.1, -0.05) is 5.21 Å². The summed E-state index contributed by atoms with van der Waals surface area (Å²) in [6.45, 7) is 0.639. The van der Waals surface area contributed by atoms with Crippen molar-refractivity contribution in [3.8, 4) is 0 Å². The second kappa shape index (κ2) is 4.29. The van der Waals surface area contributed by atoms with Crippen LogP contribution in [0.2, 0.25) is 0 Å². The van der Waals surface area contributed by atoms with Crippen LogP contribution in [0.3, 0.4) is 0 Å². The smallest absolute Gasteiger partial charge is 0.155 e. The lowest BCUT2D eigenvalue weighted by atomic mass is 10.2. The third-order valence-electron chi connectivity index (χ3n) is 3.34. The predicted octanol–water partition coefficient (Wildman–Crippen LogP) is -1.14. The summed E-state index contributed by atoms with van der Waals surface area (Å²) >= 11 is 0. The Morgan fingerprint density at radius 2 is 2.22 bits per heavy atom. The fourth-order valence-corrected chi connectivity index (χ4v) is 3.93. The van der Waals surface area contributed by atoms with Gasteiger partial charge in [-0.05, 0) is 12.8 Å². The summed E-state index contributed by atoms with van der Waals surface area (Å²) in [5.41, 5.74) is 0.776. The molecule has 1 saturated heterocycles. The molecule has 1 saturated carbocycles. The molecule has 0 aromatic carbocycles. The van der Waals surface area contributed by atoms with Crippen molar-refractivity contribution in [1.82, 2.24) is 20.3 Å². The van der Waals surface area contributed by atoms with E-state index in [0.717, 1.165) is 5.69 Å². The molecule has 2 heterocycles. The summed E-state index contributed by atoms with van der Waals surface area (Å²) in [5.74, 6) is -0.250. The fourth-order valence-electron chi connectivity index (χ4n) is 2.16. The second-order valence-corrected chi connectivity index (χ2v) is 7.21. The Labute approximate surface area is 105 Å². The van der Waals surface area contributed by atoms with Gasteiger partial charge in [0.25, 0.3) is 0 Å². The maximum Gasteiger partial charge on any atom is 0.155 e. The number of aromatic nitrogens is 3. The fraction of sp³-hybridized carbons (Fsp3) is 0.800. The number of hydrogen-bond donors (Lipinski definition) is 2. The molecule has 0 amide bonds. The maximum atomic E-state index is 11.4. The zero-order valence-electron chi connectivity index (χ0n) is 9.86. The van der Waals surface area contributed by atoms with E-state index in [1.165, 1.54) is 17.5 Å². The zero-order valence-corrected chi connectivity index (χ0v) is 10.7. The third kappa shape index (κ3) is 2.55. The number of nitrogens with one attached hydrogen (secondary N) is 1. The Hall–Kier alpha value is -0.990. The van der Waals surface area contributed by atoms with Crippen LogP contribution in [0.25, 0.3) is 0 Å². The molecule has 1 aliphatic heterocycles. The van der Waals surface area contributed by atoms with E-state index >= 15 is 0 Å². The van der Waals surface area contributed by atoms with Gasteiger partial charge >= 0.3 is 0 Å². The molecular weight excluding hydrogens is 256 g/mol. The van der Waals surface area contributed by atoms with E-state index in [4.69, 9.17) is 0 Å². The minimum Gasteiger partial charge on any atom is -0.390 e. The predicted molar refractivity (Wildman–Crippen MR) is 63.6 cm³/mol. The molecule has 2 fully saturated rings. The number of rotatable bonds is 4. The molecule has 2 N–H and O–H groups in total. The van der Waals surface area contributed by atoms with Crippen LogP contribution in [0.1, 0.15) is 24.6 Å². The average Bonchev–Trinajstić information content (AvgIpc) is 2.92. The topological polar surface area (TPSA) is 97.1 Å². The molecule has 0 bridgehead atoms. The van der Waals surface area contributed by atoms with E-state index in [1.54, 1.807) is 6.20 Å². The number of sulfone groups is 1. The SMILES string of the molecule is O=S1(=O)CC(O)C(n2cc(CNC3CC3)nn2)C1. The molecule has 0 spiro atoms. The average molecular weight is 272 g/mol. The van der Waals surface area contributed by atoms with Crippen LogP contribution in [0, 0.1) is 0 Å². The van der Waals surface area contributed by atoms with Crippen molar-refractivity contribution >= 4 is 9.84 Å². The molecule has 7 nitrogen and oxygen atoms in total. The normalized spacial score (nSPS) is 30.7. The highest BCUT2D eigenvalue weighted by atomic mass is 32.2. The van der Waals surface area contributed by atoms with Crippen molar-refractivity contribution < 1.29 is 13.5 Å². The number of aliphatic hydroxyl groups is 1. The highest BCUT2D eigenvalue weighted by molar-refractivity contribution is 7.91. The van der Waals surface area contributed by atoms with Gasteiger partial charge in [0, 0.05) is 12.6 Å². The zero-order chi connectivity index (χ0) is 12.8. The van der Waals surface area contributed by atoms with Gasteiger partial charge in [0.15, 0.2) is 9.84 Å². The first-order chi connectivity index (χ1) is 8.53. The number of nitrogens with zero attached hydrogens (tertiary/aromatic N) is 3. The van der Waals surface area contributed by atoms with Gasteiger partial charge in [0.1, 0.15) is 0 Å². The van der Waals surface area contributed by atoms with Gasteiger partial charge in [-0.15, -0.1) is 5.10 Å². The Bertz CT molecular complexity index is 537. The molecule has 1 aromatic heterocycles. The quantitative estimate of drug-likeness (QED) is 0.719. The molecule has 18 heavy (non-hydrogen) atoms. The van der Waals surface area contributed by atoms with Crippen LogP contribution in [0.5, 0.6) is 0 Å². The van der Waals surface area contributed by atoms with Crippen LogP contribution in [0.4, 0.5) is 0 Å². The number of aliphatic hydroxyl groups excluding tert-OH is 1. The first-order valence-corrected chi connectivity index (χ1v) is 7.88. The summed E-state index contributed by atoms with van der Waals surface area (Å²) in [7, 11) is -3.15. The van der Waals surface area contributed by atoms with Gasteiger partial charge in [-0.25, -0.2) is 13.1 Å². The van der Waals surface area contributed by atoms with Crippen molar-refractivity contribution in [2.75, 3.05) is 11.5 Å². The summed E-state index contributed by atoms with van der Waals surface area (Å²) in [4.78, 5) is 0. The Balaban J connectivity index is 1.68. The van der Waals surface area contributed by atoms with Gasteiger partial charge in [-0.3, -0.25) is 0 Å². The molecule has 100 valence electrons. The summed E-state index contributed by atoms with van der Waals surface area (Å²) in [5, 5.41) is 20.9. The van der Waals surface area contributed by atoms with Gasteiger partial charge in [0.2, 0.25) is 0 Å². The van der Waals surface area contributed by atoms with Crippen LogP contribution in [0.15, 0.2) is 6.20 Å². The second-order valence-electron chi connectivity index (χ2n) is 5.06. The minimum absolute atomic E-state index is 0.0625. The molecule has 0 radical (unpaired) electrons. The standard InChI is InChI=1S/C10H16N4O3S/c15-10-6-18(16,17)5-9(10)14-4-8(12-13-14)3-11-7-1-2-7/h4,7,9-11,15H,1-3,5-6H2. The molecule has 3 rings (SSSR count). The van der Waals surface area contributed by atoms with Crippen LogP contribution in [-0.4, -0.2) is 52.2 Å². The van der Waals surface area contributed by atoms with Gasteiger partial charge < -0.3 is 10.4 Å². The van der Waals surface area contributed by atoms with Crippen molar-refractivity contribution in [2.45, 2.75) is 37.6 Å². The molecule has 2 aliphatic rings. The molecular formula is C10H16N4O3S. The lowest BCUT2D eigenvalue weighted by Crippen LogP contribution is -2.22. The molecule has 1 aliphatic carbocycles. The van der Waals surface area contributed by atoms with Crippen molar-refractivity contribution in [3.05, 3.63) is 11.9 Å². The molecule has 2 unspecified atom stereocenters. The van der Waals surface area contributed by atoms with Gasteiger partial charge in [-0.2, -0.15) is 0 Å². The van der Waals surface area contributed by atoms with E-state index in [0.29, 0.717) is 12.6 Å². The lowest BCUT2D eigenvalue weighted by molar-refractivity contribution is 0.145. The first kappa shape index (κ1) is 12.1.